The van der Waals surface area contributed by atoms with E-state index in [9.17, 15) is 0 Å². The van der Waals surface area contributed by atoms with E-state index in [0.717, 1.165) is 17.9 Å². The first-order valence-corrected chi connectivity index (χ1v) is 8.50. The normalized spacial score (nSPS) is 18.9. The number of allylic oxidation sites excluding steroid dienone is 1. The SMILES string of the molecule is C=CCCCCCC(NC)C1CSc2ccccc2O1. The molecular weight excluding hydrogens is 266 g/mol. The summed E-state index contributed by atoms with van der Waals surface area (Å²) in [6.07, 6.45) is 8.39. The van der Waals surface area contributed by atoms with Crippen molar-refractivity contribution in [1.82, 2.24) is 5.32 Å². The van der Waals surface area contributed by atoms with Gasteiger partial charge in [0.05, 0.1) is 0 Å². The molecule has 2 atom stereocenters. The molecule has 20 heavy (non-hydrogen) atoms. The maximum atomic E-state index is 6.16. The summed E-state index contributed by atoms with van der Waals surface area (Å²) in [7, 11) is 2.04. The summed E-state index contributed by atoms with van der Waals surface area (Å²) < 4.78 is 6.16. The molecule has 0 amide bonds. The van der Waals surface area contributed by atoms with Gasteiger partial charge >= 0.3 is 0 Å². The lowest BCUT2D eigenvalue weighted by Crippen LogP contribution is -2.44. The zero-order valence-corrected chi connectivity index (χ0v) is 13.1. The predicted octanol–water partition coefficient (Wildman–Crippen LogP) is 4.26. The van der Waals surface area contributed by atoms with Gasteiger partial charge in [0.15, 0.2) is 0 Å². The molecule has 1 aliphatic heterocycles. The van der Waals surface area contributed by atoms with E-state index in [2.05, 4.69) is 30.1 Å². The average molecular weight is 291 g/mol. The van der Waals surface area contributed by atoms with Crippen LogP contribution in [0.5, 0.6) is 5.75 Å². The van der Waals surface area contributed by atoms with Crippen molar-refractivity contribution in [3.05, 3.63) is 36.9 Å². The summed E-state index contributed by atoms with van der Waals surface area (Å²) in [6, 6.07) is 8.78. The first kappa shape index (κ1) is 15.5. The number of fused-ring (bicyclic) bond motifs is 1. The van der Waals surface area contributed by atoms with Gasteiger partial charge < -0.3 is 10.1 Å². The zero-order valence-electron chi connectivity index (χ0n) is 12.3. The lowest BCUT2D eigenvalue weighted by molar-refractivity contribution is 0.163. The second-order valence-electron chi connectivity index (χ2n) is 5.24. The van der Waals surface area contributed by atoms with Crippen molar-refractivity contribution in [2.45, 2.75) is 49.1 Å². The van der Waals surface area contributed by atoms with Gasteiger partial charge in [-0.1, -0.05) is 31.1 Å². The third-order valence-electron chi connectivity index (χ3n) is 3.77. The number of likely N-dealkylation sites (N-methyl/N-ethyl adjacent to an activating group) is 1. The molecule has 2 nitrogen and oxygen atoms in total. The Hall–Kier alpha value is -0.930. The van der Waals surface area contributed by atoms with E-state index in [0.29, 0.717) is 6.04 Å². The molecule has 0 fully saturated rings. The predicted molar refractivity (Wildman–Crippen MR) is 87.7 cm³/mol. The lowest BCUT2D eigenvalue weighted by Gasteiger charge is -2.31. The van der Waals surface area contributed by atoms with Crippen molar-refractivity contribution in [2.75, 3.05) is 12.8 Å². The van der Waals surface area contributed by atoms with Gasteiger partial charge in [-0.3, -0.25) is 0 Å². The molecule has 0 spiro atoms. The van der Waals surface area contributed by atoms with Crippen molar-refractivity contribution in [3.63, 3.8) is 0 Å². The Morgan fingerprint density at radius 3 is 3.05 bits per heavy atom. The first-order valence-electron chi connectivity index (χ1n) is 7.51. The number of thioether (sulfide) groups is 1. The highest BCUT2D eigenvalue weighted by atomic mass is 32.2. The van der Waals surface area contributed by atoms with Crippen LogP contribution in [0.1, 0.15) is 32.1 Å². The fraction of sp³-hybridized carbons (Fsp3) is 0.529. The molecule has 110 valence electrons. The number of para-hydroxylation sites is 1. The van der Waals surface area contributed by atoms with Gasteiger partial charge in [0.2, 0.25) is 0 Å². The number of unbranched alkanes of at least 4 members (excludes halogenated alkanes) is 3. The Morgan fingerprint density at radius 2 is 2.25 bits per heavy atom. The van der Waals surface area contributed by atoms with E-state index in [1.165, 1.54) is 30.6 Å². The second-order valence-corrected chi connectivity index (χ2v) is 6.30. The largest absolute Gasteiger partial charge is 0.487 e. The van der Waals surface area contributed by atoms with Crippen LogP contribution >= 0.6 is 11.8 Å². The Morgan fingerprint density at radius 1 is 1.40 bits per heavy atom. The maximum absolute atomic E-state index is 6.16. The quantitative estimate of drug-likeness (QED) is 0.571. The van der Waals surface area contributed by atoms with Crippen LogP contribution in [0.4, 0.5) is 0 Å². The van der Waals surface area contributed by atoms with E-state index in [1.54, 1.807) is 0 Å². The summed E-state index contributed by atoms with van der Waals surface area (Å²) in [6.45, 7) is 3.77. The average Bonchev–Trinajstić information content (AvgIpc) is 2.50. The summed E-state index contributed by atoms with van der Waals surface area (Å²) in [5.74, 6) is 2.08. The zero-order chi connectivity index (χ0) is 14.2. The summed E-state index contributed by atoms with van der Waals surface area (Å²) >= 11 is 1.91. The monoisotopic (exact) mass is 291 g/mol. The van der Waals surface area contributed by atoms with Gasteiger partial charge in [0, 0.05) is 16.7 Å². The molecule has 0 saturated heterocycles. The molecule has 0 bridgehead atoms. The third kappa shape index (κ3) is 4.29. The topological polar surface area (TPSA) is 21.3 Å². The van der Waals surface area contributed by atoms with Crippen molar-refractivity contribution < 1.29 is 4.74 Å². The van der Waals surface area contributed by atoms with Crippen LogP contribution in [0.15, 0.2) is 41.8 Å². The van der Waals surface area contributed by atoms with E-state index < -0.39 is 0 Å². The van der Waals surface area contributed by atoms with Gasteiger partial charge in [-0.25, -0.2) is 0 Å². The molecular formula is C17H25NOS. The van der Waals surface area contributed by atoms with E-state index >= 15 is 0 Å². The van der Waals surface area contributed by atoms with Gasteiger partial charge in [-0.2, -0.15) is 0 Å². The van der Waals surface area contributed by atoms with Crippen LogP contribution in [0.2, 0.25) is 0 Å². The van der Waals surface area contributed by atoms with Crippen LogP contribution in [-0.2, 0) is 0 Å². The molecule has 2 unspecified atom stereocenters. The maximum Gasteiger partial charge on any atom is 0.133 e. The standard InChI is InChI=1S/C17H25NOS/c1-3-4-5-6-7-10-14(18-2)16-13-20-17-12-9-8-11-15(17)19-16/h3,8-9,11-12,14,16,18H,1,4-7,10,13H2,2H3. The van der Waals surface area contributed by atoms with E-state index in [-0.39, 0.29) is 6.10 Å². The van der Waals surface area contributed by atoms with Crippen molar-refractivity contribution in [2.24, 2.45) is 0 Å². The van der Waals surface area contributed by atoms with Crippen LogP contribution in [0.25, 0.3) is 0 Å². The molecule has 1 heterocycles. The summed E-state index contributed by atoms with van der Waals surface area (Å²) in [4.78, 5) is 1.27. The van der Waals surface area contributed by atoms with Crippen LogP contribution in [0.3, 0.4) is 0 Å². The molecule has 1 aliphatic rings. The number of ether oxygens (including phenoxy) is 1. The molecule has 0 aromatic heterocycles. The highest BCUT2D eigenvalue weighted by Gasteiger charge is 2.26. The van der Waals surface area contributed by atoms with Gasteiger partial charge in [-0.15, -0.1) is 18.3 Å². The smallest absolute Gasteiger partial charge is 0.133 e. The van der Waals surface area contributed by atoms with Crippen molar-refractivity contribution in [3.8, 4) is 5.75 Å². The van der Waals surface area contributed by atoms with Gasteiger partial charge in [0.1, 0.15) is 11.9 Å². The minimum Gasteiger partial charge on any atom is -0.487 e. The molecule has 1 aromatic rings. The summed E-state index contributed by atoms with van der Waals surface area (Å²) in [5.41, 5.74) is 0. The fourth-order valence-corrected chi connectivity index (χ4v) is 3.66. The number of hydrogen-bond donors (Lipinski definition) is 1. The highest BCUT2D eigenvalue weighted by Crippen LogP contribution is 2.36. The number of benzene rings is 1. The van der Waals surface area contributed by atoms with Crippen LogP contribution < -0.4 is 10.1 Å². The van der Waals surface area contributed by atoms with Gasteiger partial charge in [0.25, 0.3) is 0 Å². The molecule has 0 radical (unpaired) electrons. The molecule has 0 aliphatic carbocycles. The molecule has 1 N–H and O–H groups in total. The van der Waals surface area contributed by atoms with Crippen LogP contribution in [-0.4, -0.2) is 24.9 Å². The minimum atomic E-state index is 0.277. The Kier molecular flexibility index (Phi) is 6.48. The Bertz CT molecular complexity index is 421. The third-order valence-corrected chi connectivity index (χ3v) is 4.92. The molecule has 3 heteroatoms. The highest BCUT2D eigenvalue weighted by molar-refractivity contribution is 7.99. The Labute approximate surface area is 127 Å². The van der Waals surface area contributed by atoms with Crippen LogP contribution in [0, 0.1) is 0 Å². The number of rotatable bonds is 8. The second kappa shape index (κ2) is 8.38. The fourth-order valence-electron chi connectivity index (χ4n) is 2.58. The minimum absolute atomic E-state index is 0.277. The first-order chi connectivity index (χ1) is 9.85. The van der Waals surface area contributed by atoms with Crippen molar-refractivity contribution in [1.29, 1.82) is 0 Å². The van der Waals surface area contributed by atoms with Gasteiger partial charge in [-0.05, 0) is 38.4 Å². The summed E-state index contributed by atoms with van der Waals surface area (Å²) in [5, 5.41) is 3.43. The molecule has 0 saturated carbocycles. The molecule has 1 aromatic carbocycles. The lowest BCUT2D eigenvalue weighted by atomic mass is 10.0. The molecule has 2 rings (SSSR count). The number of nitrogens with one attached hydrogen (secondary N) is 1. The van der Waals surface area contributed by atoms with E-state index in [4.69, 9.17) is 4.74 Å². The number of hydrogen-bond acceptors (Lipinski definition) is 3. The van der Waals surface area contributed by atoms with Crippen molar-refractivity contribution >= 4 is 11.8 Å². The Balaban J connectivity index is 1.82. The van der Waals surface area contributed by atoms with E-state index in [1.807, 2.05) is 31.0 Å².